The SMILES string of the molecule is CCCNCc1cc(OC)ccc1OCc1nncn1C. The molecule has 2 rings (SSSR count). The molecular weight excluding hydrogens is 268 g/mol. The topological polar surface area (TPSA) is 61.2 Å². The van der Waals surface area contributed by atoms with Crippen LogP contribution in [0.15, 0.2) is 24.5 Å². The second-order valence-corrected chi connectivity index (χ2v) is 4.80. The third-order valence-electron chi connectivity index (χ3n) is 3.17. The Labute approximate surface area is 125 Å². The third-order valence-corrected chi connectivity index (χ3v) is 3.17. The van der Waals surface area contributed by atoms with Gasteiger partial charge in [-0.15, -0.1) is 10.2 Å². The minimum atomic E-state index is 0.392. The van der Waals surface area contributed by atoms with Crippen molar-refractivity contribution in [1.82, 2.24) is 20.1 Å². The summed E-state index contributed by atoms with van der Waals surface area (Å²) >= 11 is 0. The van der Waals surface area contributed by atoms with Gasteiger partial charge in [-0.05, 0) is 31.2 Å². The molecular formula is C15H22N4O2. The molecule has 0 bridgehead atoms. The van der Waals surface area contributed by atoms with Gasteiger partial charge in [0.2, 0.25) is 0 Å². The van der Waals surface area contributed by atoms with E-state index in [0.29, 0.717) is 6.61 Å². The molecule has 114 valence electrons. The fourth-order valence-electron chi connectivity index (χ4n) is 1.94. The summed E-state index contributed by atoms with van der Waals surface area (Å²) in [5.74, 6) is 2.45. The van der Waals surface area contributed by atoms with Gasteiger partial charge in [-0.2, -0.15) is 0 Å². The van der Waals surface area contributed by atoms with Crippen molar-refractivity contribution in [2.24, 2.45) is 7.05 Å². The van der Waals surface area contributed by atoms with Gasteiger partial charge in [0.15, 0.2) is 5.82 Å². The lowest BCUT2D eigenvalue weighted by Gasteiger charge is -2.13. The van der Waals surface area contributed by atoms with Crippen LogP contribution in [0.1, 0.15) is 24.7 Å². The van der Waals surface area contributed by atoms with Crippen LogP contribution in [0, 0.1) is 0 Å². The number of methoxy groups -OCH3 is 1. The number of rotatable bonds is 8. The molecule has 1 N–H and O–H groups in total. The first-order valence-corrected chi connectivity index (χ1v) is 7.08. The number of benzene rings is 1. The maximum Gasteiger partial charge on any atom is 0.170 e. The summed E-state index contributed by atoms with van der Waals surface area (Å²) < 4.78 is 13.0. The zero-order valence-electron chi connectivity index (χ0n) is 12.8. The van der Waals surface area contributed by atoms with Crippen LogP contribution in [0.25, 0.3) is 0 Å². The Morgan fingerprint density at radius 3 is 2.86 bits per heavy atom. The summed E-state index contributed by atoms with van der Waals surface area (Å²) in [4.78, 5) is 0. The minimum Gasteiger partial charge on any atom is -0.497 e. The number of aromatic nitrogens is 3. The maximum absolute atomic E-state index is 5.87. The molecule has 0 amide bonds. The maximum atomic E-state index is 5.87. The predicted molar refractivity (Wildman–Crippen MR) is 80.3 cm³/mol. The van der Waals surface area contributed by atoms with Crippen molar-refractivity contribution in [3.8, 4) is 11.5 Å². The molecule has 0 atom stereocenters. The molecule has 1 heterocycles. The van der Waals surface area contributed by atoms with E-state index >= 15 is 0 Å². The van der Waals surface area contributed by atoms with Gasteiger partial charge < -0.3 is 19.4 Å². The Hall–Kier alpha value is -2.08. The van der Waals surface area contributed by atoms with Crippen molar-refractivity contribution < 1.29 is 9.47 Å². The Balaban J connectivity index is 2.07. The highest BCUT2D eigenvalue weighted by atomic mass is 16.5. The van der Waals surface area contributed by atoms with Crippen molar-refractivity contribution in [3.05, 3.63) is 35.9 Å². The number of ether oxygens (including phenoxy) is 2. The van der Waals surface area contributed by atoms with Gasteiger partial charge in [-0.25, -0.2) is 0 Å². The number of nitrogens with zero attached hydrogens (tertiary/aromatic N) is 3. The lowest BCUT2D eigenvalue weighted by molar-refractivity contribution is 0.287. The average molecular weight is 290 g/mol. The molecule has 0 saturated heterocycles. The van der Waals surface area contributed by atoms with Crippen LogP contribution in [-0.4, -0.2) is 28.4 Å². The highest BCUT2D eigenvalue weighted by molar-refractivity contribution is 5.40. The van der Waals surface area contributed by atoms with Crippen LogP contribution in [-0.2, 0) is 20.2 Å². The van der Waals surface area contributed by atoms with Gasteiger partial charge in [0, 0.05) is 19.2 Å². The van der Waals surface area contributed by atoms with E-state index in [-0.39, 0.29) is 0 Å². The molecule has 0 aliphatic heterocycles. The van der Waals surface area contributed by atoms with E-state index < -0.39 is 0 Å². The Bertz CT molecular complexity index is 569. The van der Waals surface area contributed by atoms with E-state index in [1.807, 2.05) is 29.8 Å². The largest absolute Gasteiger partial charge is 0.497 e. The number of nitrogens with one attached hydrogen (secondary N) is 1. The number of hydrogen-bond acceptors (Lipinski definition) is 5. The molecule has 6 nitrogen and oxygen atoms in total. The lowest BCUT2D eigenvalue weighted by Crippen LogP contribution is -2.15. The van der Waals surface area contributed by atoms with E-state index in [9.17, 15) is 0 Å². The normalized spacial score (nSPS) is 10.6. The molecule has 2 aromatic rings. The first kappa shape index (κ1) is 15.3. The van der Waals surface area contributed by atoms with E-state index in [1.54, 1.807) is 13.4 Å². The van der Waals surface area contributed by atoms with Gasteiger partial charge in [0.1, 0.15) is 24.4 Å². The molecule has 0 spiro atoms. The molecule has 0 unspecified atom stereocenters. The van der Waals surface area contributed by atoms with Crippen molar-refractivity contribution >= 4 is 0 Å². The fourth-order valence-corrected chi connectivity index (χ4v) is 1.94. The highest BCUT2D eigenvalue weighted by Gasteiger charge is 2.08. The first-order valence-electron chi connectivity index (χ1n) is 7.08. The minimum absolute atomic E-state index is 0.392. The third kappa shape index (κ3) is 4.19. The Morgan fingerprint density at radius 1 is 1.33 bits per heavy atom. The summed E-state index contributed by atoms with van der Waals surface area (Å²) in [6, 6.07) is 5.82. The molecule has 0 saturated carbocycles. The molecule has 0 aliphatic rings. The van der Waals surface area contributed by atoms with Gasteiger partial charge in [0.25, 0.3) is 0 Å². The smallest absolute Gasteiger partial charge is 0.170 e. The molecule has 1 aromatic carbocycles. The molecule has 0 fully saturated rings. The van der Waals surface area contributed by atoms with Crippen LogP contribution in [0.2, 0.25) is 0 Å². The molecule has 0 aliphatic carbocycles. The van der Waals surface area contributed by atoms with Crippen molar-refractivity contribution in [1.29, 1.82) is 0 Å². The van der Waals surface area contributed by atoms with Gasteiger partial charge in [-0.3, -0.25) is 0 Å². The van der Waals surface area contributed by atoms with Gasteiger partial charge in [0.05, 0.1) is 7.11 Å². The second-order valence-electron chi connectivity index (χ2n) is 4.80. The van der Waals surface area contributed by atoms with Crippen LogP contribution in [0.4, 0.5) is 0 Å². The standard InChI is InChI=1S/C15H22N4O2/c1-4-7-16-9-12-8-13(20-3)5-6-14(12)21-10-15-18-17-11-19(15)2/h5-6,8,11,16H,4,7,9-10H2,1-3H3. The summed E-state index contributed by atoms with van der Waals surface area (Å²) in [5, 5.41) is 11.2. The Morgan fingerprint density at radius 2 is 2.19 bits per heavy atom. The van der Waals surface area contributed by atoms with Crippen LogP contribution in [0.3, 0.4) is 0 Å². The van der Waals surface area contributed by atoms with E-state index in [4.69, 9.17) is 9.47 Å². The lowest BCUT2D eigenvalue weighted by atomic mass is 10.2. The van der Waals surface area contributed by atoms with E-state index in [2.05, 4.69) is 22.4 Å². The zero-order chi connectivity index (χ0) is 15.1. The summed E-state index contributed by atoms with van der Waals surface area (Å²) in [6.07, 6.45) is 2.76. The molecule has 6 heteroatoms. The van der Waals surface area contributed by atoms with Crippen molar-refractivity contribution in [3.63, 3.8) is 0 Å². The summed E-state index contributed by atoms with van der Waals surface area (Å²) in [6.45, 7) is 4.26. The highest BCUT2D eigenvalue weighted by Crippen LogP contribution is 2.24. The molecule has 0 radical (unpaired) electrons. The number of aryl methyl sites for hydroxylation is 1. The fraction of sp³-hybridized carbons (Fsp3) is 0.467. The summed E-state index contributed by atoms with van der Waals surface area (Å²) in [5.41, 5.74) is 1.07. The van der Waals surface area contributed by atoms with Crippen molar-refractivity contribution in [2.75, 3.05) is 13.7 Å². The summed E-state index contributed by atoms with van der Waals surface area (Å²) in [7, 11) is 3.56. The number of hydrogen-bond donors (Lipinski definition) is 1. The first-order chi connectivity index (χ1) is 10.2. The van der Waals surface area contributed by atoms with Crippen molar-refractivity contribution in [2.45, 2.75) is 26.5 Å². The van der Waals surface area contributed by atoms with Crippen LogP contribution >= 0.6 is 0 Å². The van der Waals surface area contributed by atoms with Gasteiger partial charge >= 0.3 is 0 Å². The molecule has 1 aromatic heterocycles. The van der Waals surface area contributed by atoms with E-state index in [0.717, 1.165) is 42.4 Å². The predicted octanol–water partition coefficient (Wildman–Crippen LogP) is 1.90. The zero-order valence-corrected chi connectivity index (χ0v) is 12.8. The quantitative estimate of drug-likeness (QED) is 0.752. The van der Waals surface area contributed by atoms with Crippen LogP contribution in [0.5, 0.6) is 11.5 Å². The molecule has 21 heavy (non-hydrogen) atoms. The second kappa shape index (κ2) is 7.64. The van der Waals surface area contributed by atoms with E-state index in [1.165, 1.54) is 0 Å². The van der Waals surface area contributed by atoms with Crippen LogP contribution < -0.4 is 14.8 Å². The monoisotopic (exact) mass is 290 g/mol. The van der Waals surface area contributed by atoms with Gasteiger partial charge in [-0.1, -0.05) is 6.92 Å². The average Bonchev–Trinajstić information content (AvgIpc) is 2.91. The Kier molecular flexibility index (Phi) is 5.57.